The van der Waals surface area contributed by atoms with Gasteiger partial charge in [0.05, 0.1) is 0 Å². The first-order chi connectivity index (χ1) is 28.4. The second-order valence-electron chi connectivity index (χ2n) is 16.0. The van der Waals surface area contributed by atoms with Crippen LogP contribution in [0.1, 0.15) is 49.3 Å². The van der Waals surface area contributed by atoms with Crippen LogP contribution in [0.25, 0.3) is 45.1 Å². The van der Waals surface area contributed by atoms with Crippen molar-refractivity contribution in [3.05, 3.63) is 187 Å². The number of allylic oxidation sites excluding steroid dienone is 1. The van der Waals surface area contributed by atoms with Crippen LogP contribution in [0.15, 0.2) is 157 Å². The molecule has 0 saturated carbocycles. The van der Waals surface area contributed by atoms with Gasteiger partial charge in [0.25, 0.3) is 0 Å². The van der Waals surface area contributed by atoms with E-state index in [2.05, 4.69) is 193 Å². The maximum absolute atomic E-state index is 6.74. The van der Waals surface area contributed by atoms with Gasteiger partial charge in [-0.1, -0.05) is 139 Å². The first kappa shape index (κ1) is 37.5. The molecular formula is C52H39N4OPtS-3. The van der Waals surface area contributed by atoms with Gasteiger partial charge in [-0.05, 0) is 58.9 Å². The zero-order chi connectivity index (χ0) is 39.0. The summed E-state index contributed by atoms with van der Waals surface area (Å²) in [5.41, 5.74) is 13.6. The van der Waals surface area contributed by atoms with Crippen molar-refractivity contribution in [1.29, 1.82) is 0 Å². The largest absolute Gasteiger partial charge is 0.509 e. The fraction of sp³-hybridized carbons (Fsp3) is 0.115. The molecule has 0 N–H and O–H groups in total. The molecule has 8 aromatic rings. The Morgan fingerprint density at radius 1 is 0.729 bits per heavy atom. The molecule has 0 spiro atoms. The van der Waals surface area contributed by atoms with Crippen LogP contribution in [0.3, 0.4) is 0 Å². The van der Waals surface area contributed by atoms with Crippen molar-refractivity contribution < 1.29 is 25.8 Å². The summed E-state index contributed by atoms with van der Waals surface area (Å²) >= 11 is 1.92. The molecule has 2 aromatic heterocycles. The molecule has 0 fully saturated rings. The van der Waals surface area contributed by atoms with E-state index in [0.717, 1.165) is 62.8 Å². The van der Waals surface area contributed by atoms with Crippen molar-refractivity contribution in [3.63, 3.8) is 0 Å². The zero-order valence-corrected chi connectivity index (χ0v) is 35.9. The number of nitrogens with zero attached hydrogens (tertiary/aromatic N) is 4. The number of pyridine rings is 1. The third kappa shape index (κ3) is 6.41. The smallest absolute Gasteiger partial charge is 0.135 e. The van der Waals surface area contributed by atoms with Crippen molar-refractivity contribution in [2.75, 3.05) is 9.80 Å². The molecule has 0 radical (unpaired) electrons. The molecule has 1 aliphatic carbocycles. The molecule has 0 saturated heterocycles. The van der Waals surface area contributed by atoms with Gasteiger partial charge in [0.15, 0.2) is 0 Å². The number of anilines is 4. The van der Waals surface area contributed by atoms with Crippen molar-refractivity contribution in [1.82, 2.24) is 9.55 Å². The number of para-hydroxylation sites is 3. The molecule has 0 amide bonds. The van der Waals surface area contributed by atoms with E-state index in [0.29, 0.717) is 16.7 Å². The van der Waals surface area contributed by atoms with Gasteiger partial charge in [-0.25, -0.2) is 4.98 Å². The van der Waals surface area contributed by atoms with Crippen LogP contribution >= 0.6 is 11.8 Å². The van der Waals surface area contributed by atoms with Crippen LogP contribution in [0, 0.1) is 18.8 Å². The van der Waals surface area contributed by atoms with Crippen LogP contribution in [-0.4, -0.2) is 9.55 Å². The van der Waals surface area contributed by atoms with Gasteiger partial charge in [0.2, 0.25) is 0 Å². The maximum Gasteiger partial charge on any atom is 0.135 e. The number of hydrogen-bond donors (Lipinski definition) is 0. The molecule has 0 bridgehead atoms. The number of rotatable bonds is 7. The summed E-state index contributed by atoms with van der Waals surface area (Å²) in [5, 5.41) is 1.63. The quantitative estimate of drug-likeness (QED) is 0.149. The van der Waals surface area contributed by atoms with E-state index in [4.69, 9.17) is 9.72 Å². The van der Waals surface area contributed by atoms with Crippen LogP contribution in [0.4, 0.5) is 22.7 Å². The first-order valence-electron chi connectivity index (χ1n) is 19.8. The van der Waals surface area contributed by atoms with E-state index < -0.39 is 0 Å². The third-order valence-electron chi connectivity index (χ3n) is 11.4. The predicted molar refractivity (Wildman–Crippen MR) is 239 cm³/mol. The number of ether oxygens (including phenoxy) is 1. The van der Waals surface area contributed by atoms with E-state index in [9.17, 15) is 0 Å². The Hall–Kier alpha value is -5.81. The Kier molecular flexibility index (Phi) is 9.38. The SMILES string of the molecule is CC(C)(C)c1ccnc(-n2c3c4c5c(cc(Oc6[c-]c(N7[CH-]N(c8c(-c9ccccc9)cccc8-c8ccccc8)c8ccccc87)ccc6)[c-]c52)SC4CC=C3)c1.[Pt]. The van der Waals surface area contributed by atoms with E-state index in [1.165, 1.54) is 27.1 Å². The second kappa shape index (κ2) is 14.8. The van der Waals surface area contributed by atoms with Gasteiger partial charge >= 0.3 is 0 Å². The summed E-state index contributed by atoms with van der Waals surface area (Å²) in [4.78, 5) is 10.7. The van der Waals surface area contributed by atoms with Crippen LogP contribution in [-0.2, 0) is 26.5 Å². The van der Waals surface area contributed by atoms with Gasteiger partial charge in [-0.2, -0.15) is 6.07 Å². The van der Waals surface area contributed by atoms with Crippen molar-refractivity contribution in [2.24, 2.45) is 0 Å². The number of fused-ring (bicyclic) bond motifs is 1. The second-order valence-corrected chi connectivity index (χ2v) is 17.3. The predicted octanol–water partition coefficient (Wildman–Crippen LogP) is 14.0. The molecule has 1 unspecified atom stereocenters. The van der Waals surface area contributed by atoms with E-state index in [-0.39, 0.29) is 26.5 Å². The average Bonchev–Trinajstić information content (AvgIpc) is 3.94. The molecule has 292 valence electrons. The van der Waals surface area contributed by atoms with Crippen LogP contribution in [0.2, 0.25) is 0 Å². The monoisotopic (exact) mass is 962 g/mol. The summed E-state index contributed by atoms with van der Waals surface area (Å²) in [5.74, 6) is 2.19. The van der Waals surface area contributed by atoms with Crippen molar-refractivity contribution in [3.8, 4) is 39.6 Å². The summed E-state index contributed by atoms with van der Waals surface area (Å²) < 4.78 is 9.02. The standard InChI is InChI=1S/C52H39N4OS.Pt/c1-52(2,3)36-27-28-53-48(29-36)56-44-25-14-26-46-49(44)50-45(56)31-39(32-47(50)58-46)57-38-20-12-19-37(30-38)54-33-55(43-24-11-10-23-42(43)54)51-40(34-15-6-4-7-16-34)21-13-22-41(51)35-17-8-5-9-18-35;/h4-25,27-29,32-33,46H,26H2,1-3H3;/q-3;. The number of hydrogen-bond acceptors (Lipinski definition) is 5. The van der Waals surface area contributed by atoms with E-state index in [1.807, 2.05) is 30.1 Å². The molecule has 59 heavy (non-hydrogen) atoms. The molecule has 1 atom stereocenters. The minimum absolute atomic E-state index is 0. The molecule has 5 nitrogen and oxygen atoms in total. The number of benzene rings is 6. The summed E-state index contributed by atoms with van der Waals surface area (Å²) in [7, 11) is 0. The average molecular weight is 963 g/mol. The fourth-order valence-electron chi connectivity index (χ4n) is 8.63. The Balaban J connectivity index is 0.00000420. The summed E-state index contributed by atoms with van der Waals surface area (Å²) in [6.45, 7) is 8.92. The minimum Gasteiger partial charge on any atom is -0.509 e. The minimum atomic E-state index is -0.00419. The molecule has 3 aliphatic rings. The molecule has 4 heterocycles. The Morgan fingerprint density at radius 2 is 1.41 bits per heavy atom. The molecule has 7 heteroatoms. The zero-order valence-electron chi connectivity index (χ0n) is 32.8. The summed E-state index contributed by atoms with van der Waals surface area (Å²) in [6.07, 6.45) is 7.48. The van der Waals surface area contributed by atoms with Gasteiger partial charge in [0.1, 0.15) is 5.82 Å². The Bertz CT molecular complexity index is 2860. The van der Waals surface area contributed by atoms with Crippen LogP contribution < -0.4 is 14.5 Å². The first-order valence-corrected chi connectivity index (χ1v) is 20.7. The molecule has 11 rings (SSSR count). The van der Waals surface area contributed by atoms with Gasteiger partial charge < -0.3 is 19.1 Å². The van der Waals surface area contributed by atoms with E-state index in [1.54, 1.807) is 0 Å². The van der Waals surface area contributed by atoms with Crippen molar-refractivity contribution >= 4 is 51.5 Å². The third-order valence-corrected chi connectivity index (χ3v) is 12.7. The van der Waals surface area contributed by atoms with Gasteiger partial charge in [0, 0.05) is 77.9 Å². The van der Waals surface area contributed by atoms with Crippen molar-refractivity contribution in [2.45, 2.75) is 42.8 Å². The Morgan fingerprint density at radius 3 is 2.12 bits per heavy atom. The number of aromatic nitrogens is 2. The Labute approximate surface area is 364 Å². The van der Waals surface area contributed by atoms with Gasteiger partial charge in [-0.15, -0.1) is 54.4 Å². The topological polar surface area (TPSA) is 33.5 Å². The van der Waals surface area contributed by atoms with Gasteiger partial charge in [-0.3, -0.25) is 0 Å². The molecule has 6 aromatic carbocycles. The van der Waals surface area contributed by atoms with E-state index >= 15 is 0 Å². The van der Waals surface area contributed by atoms with Crippen LogP contribution in [0.5, 0.6) is 11.5 Å². The molecular weight excluding hydrogens is 924 g/mol. The fourth-order valence-corrected chi connectivity index (χ4v) is 10.00. The summed E-state index contributed by atoms with van der Waals surface area (Å²) in [6, 6.07) is 56.4. The number of thioether (sulfide) groups is 1. The normalized spacial score (nSPS) is 15.1. The maximum atomic E-state index is 6.74. The molecule has 2 aliphatic heterocycles.